The van der Waals surface area contributed by atoms with Gasteiger partial charge < -0.3 is 5.32 Å². The minimum absolute atomic E-state index is 0.00977. The highest BCUT2D eigenvalue weighted by atomic mass is 35.5. The van der Waals surface area contributed by atoms with Crippen molar-refractivity contribution < 1.29 is 13.2 Å². The largest absolute Gasteiger partial charge is 0.326 e. The van der Waals surface area contributed by atoms with E-state index < -0.39 is 10.0 Å². The van der Waals surface area contributed by atoms with Gasteiger partial charge in [-0.2, -0.15) is 5.26 Å². The molecule has 25 heavy (non-hydrogen) atoms. The zero-order valence-electron chi connectivity index (χ0n) is 13.4. The second kappa shape index (κ2) is 8.01. The van der Waals surface area contributed by atoms with E-state index in [-0.39, 0.29) is 18.9 Å². The molecule has 130 valence electrons. The molecule has 0 atom stereocenters. The van der Waals surface area contributed by atoms with E-state index in [0.717, 1.165) is 10.6 Å². The van der Waals surface area contributed by atoms with Crippen molar-refractivity contribution in [2.45, 2.75) is 6.42 Å². The van der Waals surface area contributed by atoms with Crippen molar-refractivity contribution in [3.63, 3.8) is 0 Å². The molecular formula is C17H16ClN3O3S. The summed E-state index contributed by atoms with van der Waals surface area (Å²) in [6.45, 7) is -0.00977. The third-order valence-corrected chi connectivity index (χ3v) is 4.80. The number of carbonyl (C=O) groups excluding carboxylic acids is 1. The summed E-state index contributed by atoms with van der Waals surface area (Å²) in [6.07, 6.45) is 1.05. The first-order chi connectivity index (χ1) is 11.8. The Balaban J connectivity index is 2.06. The van der Waals surface area contributed by atoms with Crippen LogP contribution in [-0.2, 0) is 14.8 Å². The van der Waals surface area contributed by atoms with Gasteiger partial charge in [0.1, 0.15) is 0 Å². The Kier molecular flexibility index (Phi) is 6.02. The van der Waals surface area contributed by atoms with Crippen LogP contribution in [0.1, 0.15) is 12.0 Å². The van der Waals surface area contributed by atoms with Crippen molar-refractivity contribution in [2.75, 3.05) is 22.4 Å². The summed E-state index contributed by atoms with van der Waals surface area (Å²) in [7, 11) is -3.56. The lowest BCUT2D eigenvalue weighted by atomic mass is 10.2. The summed E-state index contributed by atoms with van der Waals surface area (Å²) in [5, 5.41) is 12.1. The maximum Gasteiger partial charge on any atom is 0.232 e. The summed E-state index contributed by atoms with van der Waals surface area (Å²) in [5.41, 5.74) is 1.41. The molecule has 0 spiro atoms. The van der Waals surface area contributed by atoms with Crippen molar-refractivity contribution in [3.8, 4) is 6.07 Å². The number of rotatable bonds is 6. The molecule has 0 heterocycles. The number of sulfonamides is 1. The van der Waals surface area contributed by atoms with Crippen molar-refractivity contribution in [1.82, 2.24) is 0 Å². The molecule has 0 bridgehead atoms. The number of hydrogen-bond acceptors (Lipinski definition) is 4. The lowest BCUT2D eigenvalue weighted by Gasteiger charge is -2.22. The van der Waals surface area contributed by atoms with Crippen LogP contribution >= 0.6 is 11.6 Å². The Morgan fingerprint density at radius 3 is 2.28 bits per heavy atom. The number of hydrogen-bond donors (Lipinski definition) is 1. The molecule has 0 saturated heterocycles. The van der Waals surface area contributed by atoms with Crippen LogP contribution in [0.5, 0.6) is 0 Å². The monoisotopic (exact) mass is 377 g/mol. The molecule has 0 fully saturated rings. The number of nitrogens with one attached hydrogen (secondary N) is 1. The Bertz CT molecular complexity index is 888. The molecule has 0 aliphatic rings. The minimum atomic E-state index is -3.56. The second-order valence-corrected chi connectivity index (χ2v) is 7.64. The summed E-state index contributed by atoms with van der Waals surface area (Å²) < 4.78 is 25.2. The fourth-order valence-corrected chi connectivity index (χ4v) is 3.20. The van der Waals surface area contributed by atoms with Gasteiger partial charge in [-0.25, -0.2) is 8.42 Å². The van der Waals surface area contributed by atoms with Gasteiger partial charge in [0.25, 0.3) is 0 Å². The Morgan fingerprint density at radius 2 is 1.76 bits per heavy atom. The number of benzene rings is 2. The standard InChI is InChI=1S/C17H16ClN3O3S/c1-25(23,24)21(16-8-2-13(12-19)3-9-16)11-10-17(22)20-15-6-4-14(18)5-7-15/h2-9H,10-11H2,1H3,(H,20,22). The van der Waals surface area contributed by atoms with E-state index >= 15 is 0 Å². The molecule has 6 nitrogen and oxygen atoms in total. The normalized spacial score (nSPS) is 10.8. The van der Waals surface area contributed by atoms with Crippen LogP contribution in [0.4, 0.5) is 11.4 Å². The third kappa shape index (κ3) is 5.48. The molecule has 0 saturated carbocycles. The SMILES string of the molecule is CS(=O)(=O)N(CCC(=O)Nc1ccc(Cl)cc1)c1ccc(C#N)cc1. The fraction of sp³-hybridized carbons (Fsp3) is 0.176. The highest BCUT2D eigenvalue weighted by Crippen LogP contribution is 2.19. The number of halogens is 1. The van der Waals surface area contributed by atoms with Crippen LogP contribution in [0.15, 0.2) is 48.5 Å². The van der Waals surface area contributed by atoms with Crippen molar-refractivity contribution in [3.05, 3.63) is 59.1 Å². The average Bonchev–Trinajstić information content (AvgIpc) is 2.56. The highest BCUT2D eigenvalue weighted by molar-refractivity contribution is 7.92. The summed E-state index contributed by atoms with van der Waals surface area (Å²) in [5.74, 6) is -0.315. The average molecular weight is 378 g/mol. The maximum absolute atomic E-state index is 12.1. The van der Waals surface area contributed by atoms with E-state index in [4.69, 9.17) is 16.9 Å². The number of anilines is 2. The van der Waals surface area contributed by atoms with Crippen LogP contribution in [0.3, 0.4) is 0 Å². The third-order valence-electron chi connectivity index (χ3n) is 3.35. The molecule has 8 heteroatoms. The number of amides is 1. The van der Waals surface area contributed by atoms with Crippen LogP contribution in [0, 0.1) is 11.3 Å². The summed E-state index contributed by atoms with van der Waals surface area (Å²) in [6, 6.07) is 14.7. The molecular weight excluding hydrogens is 362 g/mol. The van der Waals surface area contributed by atoms with Gasteiger partial charge in [0.2, 0.25) is 15.9 Å². The number of nitrogens with zero attached hydrogens (tertiary/aromatic N) is 2. The van der Waals surface area contributed by atoms with Gasteiger partial charge in [-0.15, -0.1) is 0 Å². The van der Waals surface area contributed by atoms with Crippen molar-refractivity contribution >= 4 is 38.9 Å². The molecule has 0 aromatic heterocycles. The highest BCUT2D eigenvalue weighted by Gasteiger charge is 2.18. The first-order valence-electron chi connectivity index (χ1n) is 7.33. The van der Waals surface area contributed by atoms with E-state index in [1.54, 1.807) is 24.3 Å². The van der Waals surface area contributed by atoms with Gasteiger partial charge in [0.15, 0.2) is 0 Å². The van der Waals surface area contributed by atoms with Crippen LogP contribution < -0.4 is 9.62 Å². The molecule has 1 N–H and O–H groups in total. The number of carbonyl (C=O) groups is 1. The van der Waals surface area contributed by atoms with Gasteiger partial charge in [0, 0.05) is 23.7 Å². The van der Waals surface area contributed by atoms with Gasteiger partial charge >= 0.3 is 0 Å². The molecule has 0 unspecified atom stereocenters. The zero-order valence-corrected chi connectivity index (χ0v) is 15.0. The van der Waals surface area contributed by atoms with E-state index in [2.05, 4.69) is 5.32 Å². The Labute approximate surface area is 151 Å². The first-order valence-corrected chi connectivity index (χ1v) is 9.55. The van der Waals surface area contributed by atoms with E-state index in [0.29, 0.717) is 22.0 Å². The lowest BCUT2D eigenvalue weighted by molar-refractivity contribution is -0.116. The zero-order chi connectivity index (χ0) is 18.4. The van der Waals surface area contributed by atoms with Gasteiger partial charge in [0.05, 0.1) is 23.6 Å². The Morgan fingerprint density at radius 1 is 1.16 bits per heavy atom. The minimum Gasteiger partial charge on any atom is -0.326 e. The van der Waals surface area contributed by atoms with Gasteiger partial charge in [-0.05, 0) is 48.5 Å². The predicted octanol–water partition coefficient (Wildman–Crippen LogP) is 3.01. The predicted molar refractivity (Wildman–Crippen MR) is 98.0 cm³/mol. The smallest absolute Gasteiger partial charge is 0.232 e. The number of nitriles is 1. The summed E-state index contributed by atoms with van der Waals surface area (Å²) >= 11 is 5.78. The summed E-state index contributed by atoms with van der Waals surface area (Å²) in [4.78, 5) is 12.1. The molecule has 2 aromatic carbocycles. The van der Waals surface area contributed by atoms with E-state index in [1.807, 2.05) is 6.07 Å². The second-order valence-electron chi connectivity index (χ2n) is 5.30. The molecule has 0 radical (unpaired) electrons. The maximum atomic E-state index is 12.1. The van der Waals surface area contributed by atoms with Crippen LogP contribution in [-0.4, -0.2) is 27.1 Å². The van der Waals surface area contributed by atoms with Crippen molar-refractivity contribution in [1.29, 1.82) is 5.26 Å². The topological polar surface area (TPSA) is 90.3 Å². The molecule has 2 aromatic rings. The molecule has 2 rings (SSSR count). The van der Waals surface area contributed by atoms with Crippen molar-refractivity contribution in [2.24, 2.45) is 0 Å². The molecule has 0 aliphatic carbocycles. The van der Waals surface area contributed by atoms with Gasteiger partial charge in [-0.1, -0.05) is 11.6 Å². The Hall–Kier alpha value is -2.56. The van der Waals surface area contributed by atoms with E-state index in [1.165, 1.54) is 24.3 Å². The lowest BCUT2D eigenvalue weighted by Crippen LogP contribution is -2.33. The van der Waals surface area contributed by atoms with E-state index in [9.17, 15) is 13.2 Å². The molecule has 1 amide bonds. The quantitative estimate of drug-likeness (QED) is 0.837. The first kappa shape index (κ1) is 18.8. The van der Waals surface area contributed by atoms with Crippen LogP contribution in [0.25, 0.3) is 0 Å². The fourth-order valence-electron chi connectivity index (χ4n) is 2.15. The molecule has 0 aliphatic heterocycles. The van der Waals surface area contributed by atoms with Crippen LogP contribution in [0.2, 0.25) is 5.02 Å². The van der Waals surface area contributed by atoms with Gasteiger partial charge in [-0.3, -0.25) is 9.10 Å².